The Labute approximate surface area is 122 Å². The first-order valence-electron chi connectivity index (χ1n) is 7.45. The molecule has 1 fully saturated rings. The van der Waals surface area contributed by atoms with E-state index in [2.05, 4.69) is 11.9 Å². The molecule has 0 unspecified atom stereocenters. The molecule has 116 valence electrons. The fraction of sp³-hybridized carbons (Fsp3) is 0.867. The van der Waals surface area contributed by atoms with Crippen molar-refractivity contribution in [3.05, 3.63) is 0 Å². The van der Waals surface area contributed by atoms with Gasteiger partial charge in [-0.3, -0.25) is 9.59 Å². The van der Waals surface area contributed by atoms with Gasteiger partial charge in [-0.05, 0) is 60.7 Å². The van der Waals surface area contributed by atoms with Gasteiger partial charge in [-0.15, -0.1) is 0 Å². The fourth-order valence-corrected chi connectivity index (χ4v) is 2.74. The van der Waals surface area contributed by atoms with Gasteiger partial charge in [0.05, 0.1) is 0 Å². The van der Waals surface area contributed by atoms with Crippen LogP contribution in [0.15, 0.2) is 0 Å². The van der Waals surface area contributed by atoms with Gasteiger partial charge in [0.2, 0.25) is 0 Å². The lowest BCUT2D eigenvalue weighted by Crippen LogP contribution is -2.54. The number of hydrogen-bond acceptors (Lipinski definition) is 3. The largest absolute Gasteiger partial charge is 0.334 e. The van der Waals surface area contributed by atoms with Crippen LogP contribution in [-0.4, -0.2) is 71.8 Å². The van der Waals surface area contributed by atoms with Gasteiger partial charge in [0.25, 0.3) is 0 Å². The van der Waals surface area contributed by atoms with Crippen LogP contribution in [0.4, 0.5) is 0 Å². The highest BCUT2D eigenvalue weighted by molar-refractivity contribution is 6.35. The molecular weight excluding hydrogens is 254 g/mol. The van der Waals surface area contributed by atoms with E-state index in [0.717, 1.165) is 25.9 Å². The molecule has 0 aromatic heterocycles. The van der Waals surface area contributed by atoms with Gasteiger partial charge < -0.3 is 14.7 Å². The lowest BCUT2D eigenvalue weighted by atomic mass is 10.0. The summed E-state index contributed by atoms with van der Waals surface area (Å²) in [6.45, 7) is 10.3. The number of carbonyl (C=O) groups excluding carboxylic acids is 2. The molecule has 1 heterocycles. The molecule has 0 bridgehead atoms. The second kappa shape index (κ2) is 6.57. The number of nitrogens with zero attached hydrogens (tertiary/aromatic N) is 3. The third kappa shape index (κ3) is 3.95. The number of likely N-dealkylation sites (N-methyl/N-ethyl adjacent to an activating group) is 2. The molecule has 0 aromatic rings. The predicted molar refractivity (Wildman–Crippen MR) is 80.4 cm³/mol. The Bertz CT molecular complexity index is 355. The van der Waals surface area contributed by atoms with Crippen LogP contribution in [0.25, 0.3) is 0 Å². The van der Waals surface area contributed by atoms with Crippen LogP contribution in [0.5, 0.6) is 0 Å². The second-order valence-electron chi connectivity index (χ2n) is 6.67. The van der Waals surface area contributed by atoms with E-state index in [-0.39, 0.29) is 23.4 Å². The van der Waals surface area contributed by atoms with E-state index < -0.39 is 0 Å². The number of hydrogen-bond donors (Lipinski definition) is 0. The van der Waals surface area contributed by atoms with E-state index in [0.29, 0.717) is 6.54 Å². The third-order valence-corrected chi connectivity index (χ3v) is 4.11. The van der Waals surface area contributed by atoms with E-state index in [1.165, 1.54) is 0 Å². The Morgan fingerprint density at radius 1 is 1.15 bits per heavy atom. The SMILES string of the molecule is CCN(C(=O)C(=O)N(C)C1CCN(C)CC1)C(C)(C)C. The van der Waals surface area contributed by atoms with Crippen molar-refractivity contribution in [1.29, 1.82) is 0 Å². The summed E-state index contributed by atoms with van der Waals surface area (Å²) < 4.78 is 0. The zero-order chi connectivity index (χ0) is 15.5. The van der Waals surface area contributed by atoms with Crippen molar-refractivity contribution in [3.63, 3.8) is 0 Å². The van der Waals surface area contributed by atoms with Crippen molar-refractivity contribution < 1.29 is 9.59 Å². The van der Waals surface area contributed by atoms with Gasteiger partial charge in [-0.2, -0.15) is 0 Å². The van der Waals surface area contributed by atoms with E-state index >= 15 is 0 Å². The van der Waals surface area contributed by atoms with Crippen LogP contribution in [0.2, 0.25) is 0 Å². The number of rotatable bonds is 2. The number of likely N-dealkylation sites (tertiary alicyclic amines) is 1. The summed E-state index contributed by atoms with van der Waals surface area (Å²) in [7, 11) is 3.84. The Hall–Kier alpha value is -1.10. The van der Waals surface area contributed by atoms with Gasteiger partial charge in [-0.1, -0.05) is 0 Å². The minimum Gasteiger partial charge on any atom is -0.334 e. The molecule has 5 nitrogen and oxygen atoms in total. The highest BCUT2D eigenvalue weighted by Gasteiger charge is 2.34. The van der Waals surface area contributed by atoms with Crippen LogP contribution in [0.3, 0.4) is 0 Å². The molecule has 0 spiro atoms. The Balaban J connectivity index is 2.71. The summed E-state index contributed by atoms with van der Waals surface area (Å²) in [6.07, 6.45) is 1.88. The maximum absolute atomic E-state index is 12.4. The molecule has 0 atom stereocenters. The lowest BCUT2D eigenvalue weighted by molar-refractivity contribution is -0.155. The summed E-state index contributed by atoms with van der Waals surface area (Å²) in [4.78, 5) is 30.3. The van der Waals surface area contributed by atoms with Crippen LogP contribution >= 0.6 is 0 Å². The molecule has 0 radical (unpaired) electrons. The number of amides is 2. The predicted octanol–water partition coefficient (Wildman–Crippen LogP) is 1.19. The molecule has 0 aliphatic carbocycles. The lowest BCUT2D eigenvalue weighted by Gasteiger charge is -2.38. The number of piperidine rings is 1. The van der Waals surface area contributed by atoms with Crippen LogP contribution in [0, 0.1) is 0 Å². The van der Waals surface area contributed by atoms with E-state index in [1.54, 1.807) is 16.8 Å². The topological polar surface area (TPSA) is 43.9 Å². The summed E-state index contributed by atoms with van der Waals surface area (Å²) in [5.41, 5.74) is -0.324. The highest BCUT2D eigenvalue weighted by Crippen LogP contribution is 2.17. The zero-order valence-electron chi connectivity index (χ0n) is 13.8. The van der Waals surface area contributed by atoms with Crippen LogP contribution in [-0.2, 0) is 9.59 Å². The molecular formula is C15H29N3O2. The average Bonchev–Trinajstić information content (AvgIpc) is 2.37. The Kier molecular flexibility index (Phi) is 5.57. The Morgan fingerprint density at radius 3 is 2.05 bits per heavy atom. The second-order valence-corrected chi connectivity index (χ2v) is 6.67. The van der Waals surface area contributed by atoms with Gasteiger partial charge in [0.15, 0.2) is 0 Å². The molecule has 5 heteroatoms. The van der Waals surface area contributed by atoms with Crippen LogP contribution < -0.4 is 0 Å². The fourth-order valence-electron chi connectivity index (χ4n) is 2.74. The van der Waals surface area contributed by atoms with Crippen molar-refractivity contribution >= 4 is 11.8 Å². The normalized spacial score (nSPS) is 17.9. The molecule has 1 saturated heterocycles. The summed E-state index contributed by atoms with van der Waals surface area (Å²) >= 11 is 0. The van der Waals surface area contributed by atoms with Gasteiger partial charge in [0.1, 0.15) is 0 Å². The van der Waals surface area contributed by atoms with Crippen LogP contribution in [0.1, 0.15) is 40.5 Å². The molecule has 1 aliphatic heterocycles. The first-order valence-corrected chi connectivity index (χ1v) is 7.45. The van der Waals surface area contributed by atoms with Crippen molar-refractivity contribution in [2.45, 2.75) is 52.1 Å². The van der Waals surface area contributed by atoms with Gasteiger partial charge >= 0.3 is 11.8 Å². The highest BCUT2D eigenvalue weighted by atomic mass is 16.2. The van der Waals surface area contributed by atoms with Gasteiger partial charge in [0, 0.05) is 25.2 Å². The third-order valence-electron chi connectivity index (χ3n) is 4.11. The molecule has 20 heavy (non-hydrogen) atoms. The van der Waals surface area contributed by atoms with Crippen molar-refractivity contribution in [2.24, 2.45) is 0 Å². The molecule has 0 N–H and O–H groups in total. The monoisotopic (exact) mass is 283 g/mol. The minimum absolute atomic E-state index is 0.182. The van der Waals surface area contributed by atoms with Crippen molar-refractivity contribution in [1.82, 2.24) is 14.7 Å². The molecule has 1 aliphatic rings. The van der Waals surface area contributed by atoms with E-state index in [1.807, 2.05) is 27.7 Å². The molecule has 2 amide bonds. The summed E-state index contributed by atoms with van der Waals surface area (Å²) in [6, 6.07) is 0.182. The maximum Gasteiger partial charge on any atom is 0.312 e. The Morgan fingerprint density at radius 2 is 1.65 bits per heavy atom. The van der Waals surface area contributed by atoms with Crippen molar-refractivity contribution in [3.8, 4) is 0 Å². The zero-order valence-corrected chi connectivity index (χ0v) is 13.8. The number of carbonyl (C=O) groups is 2. The van der Waals surface area contributed by atoms with Crippen molar-refractivity contribution in [2.75, 3.05) is 33.7 Å². The summed E-state index contributed by atoms with van der Waals surface area (Å²) in [5, 5.41) is 0. The summed E-state index contributed by atoms with van der Waals surface area (Å²) in [5.74, 6) is -0.766. The molecule has 0 saturated carbocycles. The average molecular weight is 283 g/mol. The smallest absolute Gasteiger partial charge is 0.312 e. The minimum atomic E-state index is -0.388. The van der Waals surface area contributed by atoms with E-state index in [9.17, 15) is 9.59 Å². The molecule has 1 rings (SSSR count). The standard InChI is InChI=1S/C15H29N3O2/c1-7-18(15(2,3)4)14(20)13(19)17(6)12-8-10-16(5)11-9-12/h12H,7-11H2,1-6H3. The quantitative estimate of drug-likeness (QED) is 0.715. The first kappa shape index (κ1) is 17.0. The van der Waals surface area contributed by atoms with E-state index in [4.69, 9.17) is 0 Å². The first-order chi connectivity index (χ1) is 9.18. The molecule has 0 aromatic carbocycles. The van der Waals surface area contributed by atoms with Gasteiger partial charge in [-0.25, -0.2) is 0 Å². The maximum atomic E-state index is 12.4.